The quantitative estimate of drug-likeness (QED) is 0.728. The van der Waals surface area contributed by atoms with Crippen LogP contribution in [0.25, 0.3) is 10.6 Å². The second-order valence-electron chi connectivity index (χ2n) is 4.95. The van der Waals surface area contributed by atoms with Crippen molar-refractivity contribution in [2.24, 2.45) is 0 Å². The van der Waals surface area contributed by atoms with E-state index in [4.69, 9.17) is 5.11 Å². The van der Waals surface area contributed by atoms with Gasteiger partial charge < -0.3 is 5.11 Å². The van der Waals surface area contributed by atoms with E-state index in [2.05, 4.69) is 9.71 Å². The van der Waals surface area contributed by atoms with Crippen LogP contribution in [0.4, 0.5) is 10.1 Å². The SMILES string of the molecule is O=S(=O)(Nc1ccc(CO)cc1)c1cnc(-c2ccc(F)cc2)s1. The van der Waals surface area contributed by atoms with Crippen molar-refractivity contribution >= 4 is 27.0 Å². The monoisotopic (exact) mass is 364 g/mol. The summed E-state index contributed by atoms with van der Waals surface area (Å²) in [5.74, 6) is -0.365. The predicted molar refractivity (Wildman–Crippen MR) is 90.7 cm³/mol. The van der Waals surface area contributed by atoms with E-state index in [1.165, 1.54) is 18.3 Å². The summed E-state index contributed by atoms with van der Waals surface area (Å²) in [6.45, 7) is -0.108. The fourth-order valence-corrected chi connectivity index (χ4v) is 4.19. The maximum absolute atomic E-state index is 13.0. The number of anilines is 1. The van der Waals surface area contributed by atoms with Crippen molar-refractivity contribution in [2.45, 2.75) is 10.8 Å². The summed E-state index contributed by atoms with van der Waals surface area (Å²) in [6.07, 6.45) is 1.27. The van der Waals surface area contributed by atoms with Crippen LogP contribution in [0.3, 0.4) is 0 Å². The lowest BCUT2D eigenvalue weighted by atomic mass is 10.2. The highest BCUT2D eigenvalue weighted by Crippen LogP contribution is 2.29. The lowest BCUT2D eigenvalue weighted by Gasteiger charge is -2.06. The first kappa shape index (κ1) is 16.6. The van der Waals surface area contributed by atoms with E-state index in [0.29, 0.717) is 21.8 Å². The third-order valence-electron chi connectivity index (χ3n) is 3.23. The molecule has 2 aromatic carbocycles. The standard InChI is InChI=1S/C16H13FN2O3S2/c17-13-5-3-12(4-6-13)16-18-9-15(23-16)24(21,22)19-14-7-1-11(10-20)2-8-14/h1-9,19-20H,10H2. The topological polar surface area (TPSA) is 79.3 Å². The van der Waals surface area contributed by atoms with Gasteiger partial charge in [0.2, 0.25) is 0 Å². The second-order valence-corrected chi connectivity index (χ2v) is 7.89. The van der Waals surface area contributed by atoms with Crippen LogP contribution in [0.15, 0.2) is 58.9 Å². The van der Waals surface area contributed by atoms with Crippen molar-refractivity contribution < 1.29 is 17.9 Å². The lowest BCUT2D eigenvalue weighted by molar-refractivity contribution is 0.282. The van der Waals surface area contributed by atoms with E-state index < -0.39 is 10.0 Å². The normalized spacial score (nSPS) is 11.4. The molecule has 1 aromatic heterocycles. The molecule has 8 heteroatoms. The van der Waals surface area contributed by atoms with Gasteiger partial charge in [0.15, 0.2) is 4.21 Å². The van der Waals surface area contributed by atoms with Gasteiger partial charge >= 0.3 is 0 Å². The zero-order valence-corrected chi connectivity index (χ0v) is 13.9. The fourth-order valence-electron chi connectivity index (χ4n) is 1.99. The van der Waals surface area contributed by atoms with Crippen LogP contribution in [-0.2, 0) is 16.6 Å². The van der Waals surface area contributed by atoms with Gasteiger partial charge in [0, 0.05) is 11.3 Å². The zero-order valence-electron chi connectivity index (χ0n) is 12.3. The van der Waals surface area contributed by atoms with Gasteiger partial charge in [-0.1, -0.05) is 12.1 Å². The first-order chi connectivity index (χ1) is 11.5. The summed E-state index contributed by atoms with van der Waals surface area (Å²) >= 11 is 1.00. The number of nitrogens with zero attached hydrogens (tertiary/aromatic N) is 1. The Balaban J connectivity index is 1.83. The number of hydrogen-bond acceptors (Lipinski definition) is 5. The Bertz CT molecular complexity index is 936. The maximum atomic E-state index is 13.0. The van der Waals surface area contributed by atoms with E-state index in [1.807, 2.05) is 0 Å². The highest BCUT2D eigenvalue weighted by atomic mass is 32.2. The Hall–Kier alpha value is -2.29. The molecule has 0 unspecified atom stereocenters. The molecule has 5 nitrogen and oxygen atoms in total. The number of halogens is 1. The predicted octanol–water partition coefficient (Wildman–Crippen LogP) is 3.24. The molecule has 24 heavy (non-hydrogen) atoms. The molecule has 0 aliphatic heterocycles. The van der Waals surface area contributed by atoms with Gasteiger partial charge in [0.25, 0.3) is 10.0 Å². The molecule has 0 spiro atoms. The zero-order chi connectivity index (χ0) is 17.2. The Labute approximate surface area is 142 Å². The van der Waals surface area contributed by atoms with Crippen LogP contribution >= 0.6 is 11.3 Å². The van der Waals surface area contributed by atoms with E-state index in [-0.39, 0.29) is 16.6 Å². The minimum absolute atomic E-state index is 0.0630. The summed E-state index contributed by atoms with van der Waals surface area (Å²) in [5.41, 5.74) is 1.73. The molecule has 0 aliphatic carbocycles. The molecule has 0 amide bonds. The summed E-state index contributed by atoms with van der Waals surface area (Å²) in [6, 6.07) is 12.1. The molecular weight excluding hydrogens is 351 g/mol. The minimum atomic E-state index is -3.76. The van der Waals surface area contributed by atoms with Crippen LogP contribution in [0, 0.1) is 5.82 Å². The summed E-state index contributed by atoms with van der Waals surface area (Å²) < 4.78 is 40.3. The summed E-state index contributed by atoms with van der Waals surface area (Å²) in [7, 11) is -3.76. The number of aliphatic hydroxyl groups is 1. The van der Waals surface area contributed by atoms with Crippen molar-refractivity contribution in [2.75, 3.05) is 4.72 Å². The average Bonchev–Trinajstić information content (AvgIpc) is 3.07. The molecule has 0 aliphatic rings. The van der Waals surface area contributed by atoms with Crippen molar-refractivity contribution in [1.29, 1.82) is 0 Å². The van der Waals surface area contributed by atoms with Gasteiger partial charge in [-0.15, -0.1) is 11.3 Å². The summed E-state index contributed by atoms with van der Waals surface area (Å²) in [5, 5.41) is 9.49. The Morgan fingerprint density at radius 2 is 1.75 bits per heavy atom. The van der Waals surface area contributed by atoms with Gasteiger partial charge in [0.05, 0.1) is 12.8 Å². The van der Waals surface area contributed by atoms with E-state index in [1.54, 1.807) is 36.4 Å². The number of aromatic nitrogens is 1. The molecule has 124 valence electrons. The van der Waals surface area contributed by atoms with Crippen molar-refractivity contribution in [1.82, 2.24) is 4.98 Å². The van der Waals surface area contributed by atoms with Crippen LogP contribution in [-0.4, -0.2) is 18.5 Å². The molecule has 0 bridgehead atoms. The van der Waals surface area contributed by atoms with Gasteiger partial charge in [0.1, 0.15) is 10.8 Å². The number of thiazole rings is 1. The largest absolute Gasteiger partial charge is 0.392 e. The third kappa shape index (κ3) is 3.61. The molecule has 0 saturated carbocycles. The van der Waals surface area contributed by atoms with Crippen LogP contribution in [0.2, 0.25) is 0 Å². The number of nitrogens with one attached hydrogen (secondary N) is 1. The molecule has 0 atom stereocenters. The van der Waals surface area contributed by atoms with Crippen LogP contribution in [0.5, 0.6) is 0 Å². The van der Waals surface area contributed by atoms with Crippen LogP contribution < -0.4 is 4.72 Å². The van der Waals surface area contributed by atoms with Crippen LogP contribution in [0.1, 0.15) is 5.56 Å². The Morgan fingerprint density at radius 3 is 2.38 bits per heavy atom. The number of benzene rings is 2. The minimum Gasteiger partial charge on any atom is -0.392 e. The Morgan fingerprint density at radius 1 is 1.08 bits per heavy atom. The van der Waals surface area contributed by atoms with E-state index >= 15 is 0 Å². The number of aliphatic hydroxyl groups excluding tert-OH is 1. The third-order valence-corrected chi connectivity index (χ3v) is 6.12. The molecule has 0 fully saturated rings. The first-order valence-corrected chi connectivity index (χ1v) is 9.22. The summed E-state index contributed by atoms with van der Waals surface area (Å²) in [4.78, 5) is 4.10. The smallest absolute Gasteiger partial charge is 0.273 e. The fraction of sp³-hybridized carbons (Fsp3) is 0.0625. The van der Waals surface area contributed by atoms with Gasteiger partial charge in [-0.05, 0) is 42.0 Å². The van der Waals surface area contributed by atoms with Gasteiger partial charge in [-0.2, -0.15) is 0 Å². The van der Waals surface area contributed by atoms with Gasteiger partial charge in [-0.3, -0.25) is 4.72 Å². The molecule has 0 saturated heterocycles. The van der Waals surface area contributed by atoms with Crippen molar-refractivity contribution in [3.05, 3.63) is 66.1 Å². The van der Waals surface area contributed by atoms with Crippen molar-refractivity contribution in [3.63, 3.8) is 0 Å². The van der Waals surface area contributed by atoms with Gasteiger partial charge in [-0.25, -0.2) is 17.8 Å². The second kappa shape index (κ2) is 6.68. The molecular formula is C16H13FN2O3S2. The molecule has 0 radical (unpaired) electrons. The lowest BCUT2D eigenvalue weighted by Crippen LogP contribution is -2.11. The van der Waals surface area contributed by atoms with E-state index in [0.717, 1.165) is 11.3 Å². The van der Waals surface area contributed by atoms with Crippen molar-refractivity contribution in [3.8, 4) is 10.6 Å². The molecule has 3 rings (SSSR count). The molecule has 2 N–H and O–H groups in total. The number of hydrogen-bond donors (Lipinski definition) is 2. The number of rotatable bonds is 5. The Kier molecular flexibility index (Phi) is 4.61. The van der Waals surface area contributed by atoms with E-state index in [9.17, 15) is 12.8 Å². The number of sulfonamides is 1. The maximum Gasteiger partial charge on any atom is 0.273 e. The molecule has 1 heterocycles. The highest BCUT2D eigenvalue weighted by molar-refractivity contribution is 7.94. The molecule has 3 aromatic rings. The average molecular weight is 364 g/mol. The highest BCUT2D eigenvalue weighted by Gasteiger charge is 2.18. The first-order valence-electron chi connectivity index (χ1n) is 6.92.